The summed E-state index contributed by atoms with van der Waals surface area (Å²) in [5.41, 5.74) is 2.60. The lowest BCUT2D eigenvalue weighted by Gasteiger charge is -2.38. The number of ether oxygens (including phenoxy) is 1. The summed E-state index contributed by atoms with van der Waals surface area (Å²) in [6.07, 6.45) is -4.54. The van der Waals surface area contributed by atoms with Gasteiger partial charge in [-0.25, -0.2) is 9.37 Å². The van der Waals surface area contributed by atoms with E-state index in [4.69, 9.17) is 0 Å². The average molecular weight is 475 g/mol. The van der Waals surface area contributed by atoms with Crippen LogP contribution in [-0.2, 0) is 11.3 Å². The number of carbonyl (C=O) groups excluding carboxylic acids is 1. The topological polar surface area (TPSA) is 66.5 Å². The van der Waals surface area contributed by atoms with Crippen LogP contribution >= 0.6 is 13.5 Å². The standard InChI is InChI=1S/C21H24F4N4O2.H2S/c1-11(2)19-20(30)28-18-12(3)27-17(8-15(18)29(19)4)26-9-13-5-6-16(14(22)7-13)31-10-21(23,24)25;/h5-8,11,19H,9-10H2,1-4H3,(H,26,27)(H,28,30);1H2/t19-;/m0./s1. The Morgan fingerprint density at radius 1 is 1.28 bits per heavy atom. The summed E-state index contributed by atoms with van der Waals surface area (Å²) in [5, 5.41) is 6.01. The Morgan fingerprint density at radius 3 is 2.56 bits per heavy atom. The lowest BCUT2D eigenvalue weighted by atomic mass is 9.98. The molecule has 2 aromatic rings. The maximum absolute atomic E-state index is 14.1. The summed E-state index contributed by atoms with van der Waals surface area (Å²) in [6, 6.07) is 5.24. The van der Waals surface area contributed by atoms with Gasteiger partial charge in [-0.2, -0.15) is 26.7 Å². The number of aromatic nitrogens is 1. The molecule has 1 atom stereocenters. The van der Waals surface area contributed by atoms with Crippen LogP contribution in [-0.4, -0.2) is 36.8 Å². The van der Waals surface area contributed by atoms with Crippen LogP contribution in [0, 0.1) is 18.7 Å². The first-order valence-electron chi connectivity index (χ1n) is 9.73. The fourth-order valence-electron chi connectivity index (χ4n) is 3.58. The minimum Gasteiger partial charge on any atom is -0.481 e. The molecule has 11 heteroatoms. The quantitative estimate of drug-likeness (QED) is 0.599. The molecule has 2 N–H and O–H groups in total. The highest BCUT2D eigenvalue weighted by Gasteiger charge is 2.34. The summed E-state index contributed by atoms with van der Waals surface area (Å²) >= 11 is 0. The Kier molecular flexibility index (Phi) is 7.87. The number of nitrogens with zero attached hydrogens (tertiary/aromatic N) is 2. The van der Waals surface area contributed by atoms with E-state index in [-0.39, 0.29) is 37.9 Å². The van der Waals surface area contributed by atoms with Crippen LogP contribution in [0.3, 0.4) is 0 Å². The van der Waals surface area contributed by atoms with Gasteiger partial charge < -0.3 is 20.3 Å². The smallest absolute Gasteiger partial charge is 0.422 e. The first-order valence-corrected chi connectivity index (χ1v) is 9.73. The number of fused-ring (bicyclic) bond motifs is 1. The molecule has 6 nitrogen and oxygen atoms in total. The van der Waals surface area contributed by atoms with Gasteiger partial charge in [0.05, 0.1) is 17.1 Å². The Bertz CT molecular complexity index is 985. The van der Waals surface area contributed by atoms with E-state index < -0.39 is 24.3 Å². The maximum atomic E-state index is 14.1. The number of likely N-dealkylation sites (N-methyl/N-ethyl adjacent to an activating group) is 1. The molecule has 3 rings (SSSR count). The fourth-order valence-corrected chi connectivity index (χ4v) is 3.58. The molecular weight excluding hydrogens is 448 g/mol. The van der Waals surface area contributed by atoms with Crippen molar-refractivity contribution < 1.29 is 27.1 Å². The predicted octanol–water partition coefficient (Wildman–Crippen LogP) is 4.61. The minimum atomic E-state index is -4.54. The number of hydrogen-bond donors (Lipinski definition) is 2. The number of aryl methyl sites for hydroxylation is 1. The lowest BCUT2D eigenvalue weighted by molar-refractivity contribution is -0.153. The van der Waals surface area contributed by atoms with Crippen molar-refractivity contribution in [3.8, 4) is 5.75 Å². The van der Waals surface area contributed by atoms with Crippen molar-refractivity contribution in [2.45, 2.75) is 39.5 Å². The molecule has 1 aliphatic heterocycles. The van der Waals surface area contributed by atoms with E-state index in [9.17, 15) is 22.4 Å². The van der Waals surface area contributed by atoms with Gasteiger partial charge in [0.1, 0.15) is 11.9 Å². The molecule has 0 unspecified atom stereocenters. The van der Waals surface area contributed by atoms with E-state index in [1.807, 2.05) is 25.8 Å². The first-order chi connectivity index (χ1) is 14.5. The van der Waals surface area contributed by atoms with Crippen molar-refractivity contribution in [3.63, 3.8) is 0 Å². The van der Waals surface area contributed by atoms with Gasteiger partial charge in [0.2, 0.25) is 5.91 Å². The van der Waals surface area contributed by atoms with Gasteiger partial charge in [0.15, 0.2) is 18.2 Å². The van der Waals surface area contributed by atoms with Crippen molar-refractivity contribution in [1.82, 2.24) is 4.98 Å². The first kappa shape index (κ1) is 25.6. The summed E-state index contributed by atoms with van der Waals surface area (Å²) in [5.74, 6) is -0.788. The van der Waals surface area contributed by atoms with Gasteiger partial charge in [-0.1, -0.05) is 19.9 Å². The number of hydrogen-bond acceptors (Lipinski definition) is 5. The van der Waals surface area contributed by atoms with Crippen LogP contribution in [0.4, 0.5) is 34.8 Å². The Balaban J connectivity index is 0.00000363. The molecule has 0 aliphatic carbocycles. The molecule has 1 aliphatic rings. The number of benzene rings is 1. The Labute approximate surface area is 190 Å². The highest BCUT2D eigenvalue weighted by molar-refractivity contribution is 7.59. The second kappa shape index (κ2) is 9.85. The van der Waals surface area contributed by atoms with Crippen molar-refractivity contribution in [2.24, 2.45) is 5.92 Å². The molecule has 0 fully saturated rings. The van der Waals surface area contributed by atoms with Crippen LogP contribution in [0.25, 0.3) is 0 Å². The van der Waals surface area contributed by atoms with Crippen molar-refractivity contribution in [2.75, 3.05) is 29.2 Å². The van der Waals surface area contributed by atoms with E-state index in [0.29, 0.717) is 22.8 Å². The van der Waals surface area contributed by atoms with Gasteiger partial charge in [-0.15, -0.1) is 0 Å². The number of anilines is 3. The van der Waals surface area contributed by atoms with E-state index in [0.717, 1.165) is 11.8 Å². The number of pyridine rings is 1. The molecule has 2 heterocycles. The van der Waals surface area contributed by atoms with Gasteiger partial charge in [-0.05, 0) is 30.5 Å². The number of nitrogens with one attached hydrogen (secondary N) is 2. The SMILES string of the molecule is Cc1nc(NCc2ccc(OCC(F)(F)F)c(F)c2)cc2c1NC(=O)[C@H](C(C)C)N2C.S. The van der Waals surface area contributed by atoms with Crippen LogP contribution < -0.4 is 20.3 Å². The zero-order valence-electron chi connectivity index (χ0n) is 18.1. The zero-order valence-corrected chi connectivity index (χ0v) is 19.1. The molecular formula is C21H26F4N4O2S. The van der Waals surface area contributed by atoms with E-state index >= 15 is 0 Å². The summed E-state index contributed by atoms with van der Waals surface area (Å²) in [7, 11) is 1.85. The maximum Gasteiger partial charge on any atom is 0.422 e. The number of halogens is 4. The predicted molar refractivity (Wildman–Crippen MR) is 120 cm³/mol. The normalized spacial score (nSPS) is 15.7. The molecule has 0 bridgehead atoms. The fraction of sp³-hybridized carbons (Fsp3) is 0.429. The molecule has 0 radical (unpaired) electrons. The molecule has 0 saturated heterocycles. The molecule has 1 aromatic heterocycles. The van der Waals surface area contributed by atoms with Crippen molar-refractivity contribution in [3.05, 3.63) is 41.3 Å². The van der Waals surface area contributed by atoms with E-state index in [1.165, 1.54) is 12.1 Å². The van der Waals surface area contributed by atoms with Gasteiger partial charge >= 0.3 is 6.18 Å². The van der Waals surface area contributed by atoms with Crippen LogP contribution in [0.2, 0.25) is 0 Å². The summed E-state index contributed by atoms with van der Waals surface area (Å²) < 4.78 is 55.3. The van der Waals surface area contributed by atoms with E-state index in [1.54, 1.807) is 13.0 Å². The second-order valence-corrected chi connectivity index (χ2v) is 7.80. The third-order valence-electron chi connectivity index (χ3n) is 4.99. The van der Waals surface area contributed by atoms with Crippen LogP contribution in [0.15, 0.2) is 24.3 Å². The number of carbonyl (C=O) groups is 1. The van der Waals surface area contributed by atoms with Crippen molar-refractivity contribution in [1.29, 1.82) is 0 Å². The number of amides is 1. The summed E-state index contributed by atoms with van der Waals surface area (Å²) in [6.45, 7) is 4.36. The van der Waals surface area contributed by atoms with Crippen LogP contribution in [0.1, 0.15) is 25.1 Å². The van der Waals surface area contributed by atoms with Gasteiger partial charge in [0.25, 0.3) is 0 Å². The zero-order chi connectivity index (χ0) is 22.9. The van der Waals surface area contributed by atoms with Crippen molar-refractivity contribution >= 4 is 36.6 Å². The molecule has 1 aromatic carbocycles. The number of alkyl halides is 3. The summed E-state index contributed by atoms with van der Waals surface area (Å²) in [4.78, 5) is 18.8. The Hall–Kier alpha value is -2.69. The lowest BCUT2D eigenvalue weighted by Crippen LogP contribution is -2.49. The minimum absolute atomic E-state index is 0. The second-order valence-electron chi connectivity index (χ2n) is 7.80. The Morgan fingerprint density at radius 2 is 1.97 bits per heavy atom. The monoisotopic (exact) mass is 474 g/mol. The number of rotatable bonds is 6. The average Bonchev–Trinajstić information content (AvgIpc) is 2.65. The molecule has 32 heavy (non-hydrogen) atoms. The largest absolute Gasteiger partial charge is 0.481 e. The molecule has 0 spiro atoms. The van der Waals surface area contributed by atoms with Gasteiger partial charge in [0, 0.05) is 19.7 Å². The van der Waals surface area contributed by atoms with Crippen LogP contribution in [0.5, 0.6) is 5.75 Å². The van der Waals surface area contributed by atoms with E-state index in [2.05, 4.69) is 20.4 Å². The third kappa shape index (κ3) is 5.76. The third-order valence-corrected chi connectivity index (χ3v) is 4.99. The highest BCUT2D eigenvalue weighted by atomic mass is 32.1. The highest BCUT2D eigenvalue weighted by Crippen LogP contribution is 2.36. The molecule has 1 amide bonds. The molecule has 176 valence electrons. The molecule has 0 saturated carbocycles. The van der Waals surface area contributed by atoms with Gasteiger partial charge in [-0.3, -0.25) is 4.79 Å².